The van der Waals surface area contributed by atoms with Gasteiger partial charge in [-0.15, -0.1) is 0 Å². The number of hydrogen-bond acceptors (Lipinski definition) is 5. The Hall–Kier alpha value is -1.50. The number of nitrogens with one attached hydrogen (secondary N) is 3. The van der Waals surface area contributed by atoms with Crippen LogP contribution in [0.5, 0.6) is 0 Å². The van der Waals surface area contributed by atoms with Crippen LogP contribution in [-0.2, 0) is 11.2 Å². The molecule has 1 saturated heterocycles. The van der Waals surface area contributed by atoms with Crippen LogP contribution in [0.2, 0.25) is 0 Å². The van der Waals surface area contributed by atoms with Crippen LogP contribution < -0.4 is 21.7 Å². The molecule has 1 amide bonds. The summed E-state index contributed by atoms with van der Waals surface area (Å²) in [4.78, 5) is 17.5. The average Bonchev–Trinajstić information content (AvgIpc) is 2.68. The molecule has 2 atom stereocenters. The lowest BCUT2D eigenvalue weighted by Crippen LogP contribution is -2.51. The number of fused-ring (bicyclic) bond motifs is 1. The predicted octanol–water partition coefficient (Wildman–Crippen LogP) is 1.41. The molecule has 144 valence electrons. The zero-order chi connectivity index (χ0) is 18.2. The molecule has 6 nitrogen and oxygen atoms in total. The zero-order valence-corrected chi connectivity index (χ0v) is 15.7. The van der Waals surface area contributed by atoms with E-state index in [0.29, 0.717) is 12.6 Å². The zero-order valence-electron chi connectivity index (χ0n) is 15.7. The van der Waals surface area contributed by atoms with Gasteiger partial charge < -0.3 is 16.4 Å². The van der Waals surface area contributed by atoms with E-state index in [1.807, 2.05) is 12.3 Å². The van der Waals surface area contributed by atoms with Crippen LogP contribution >= 0.6 is 0 Å². The van der Waals surface area contributed by atoms with E-state index in [9.17, 15) is 4.79 Å². The van der Waals surface area contributed by atoms with Crippen molar-refractivity contribution in [2.24, 2.45) is 5.73 Å². The molecule has 0 radical (unpaired) electrons. The van der Waals surface area contributed by atoms with E-state index >= 15 is 0 Å². The predicted molar refractivity (Wildman–Crippen MR) is 104 cm³/mol. The Kier molecular flexibility index (Phi) is 7.41. The van der Waals surface area contributed by atoms with Crippen molar-refractivity contribution in [2.75, 3.05) is 19.6 Å². The molecule has 26 heavy (non-hydrogen) atoms. The first-order chi connectivity index (χ1) is 12.8. The molecule has 2 unspecified atom stereocenters. The molecule has 0 saturated carbocycles. The molecule has 1 aromatic heterocycles. The topological polar surface area (TPSA) is 92.1 Å². The molecule has 6 heteroatoms. The SMILES string of the molecule is NCCCCC(NC1CCCc2cccnc21)C(=O)NC1CCNCC1. The summed E-state index contributed by atoms with van der Waals surface area (Å²) in [6.45, 7) is 2.64. The number of piperidine rings is 1. The van der Waals surface area contributed by atoms with Crippen LogP contribution in [-0.4, -0.2) is 42.6 Å². The number of unbranched alkanes of at least 4 members (excludes halogenated alkanes) is 1. The maximum atomic E-state index is 12.9. The van der Waals surface area contributed by atoms with Crippen molar-refractivity contribution < 1.29 is 4.79 Å². The van der Waals surface area contributed by atoms with Gasteiger partial charge in [0.25, 0.3) is 0 Å². The molecule has 0 spiro atoms. The lowest BCUT2D eigenvalue weighted by atomic mass is 9.91. The largest absolute Gasteiger partial charge is 0.352 e. The molecular weight excluding hydrogens is 326 g/mol. The average molecular weight is 360 g/mol. The Bertz CT molecular complexity index is 573. The van der Waals surface area contributed by atoms with E-state index in [0.717, 1.165) is 70.2 Å². The first-order valence-corrected chi connectivity index (χ1v) is 10.2. The monoisotopic (exact) mass is 359 g/mol. The molecule has 1 aliphatic heterocycles. The minimum atomic E-state index is -0.172. The highest BCUT2D eigenvalue weighted by Crippen LogP contribution is 2.28. The molecule has 2 aliphatic rings. The second kappa shape index (κ2) is 10.00. The van der Waals surface area contributed by atoms with Gasteiger partial charge in [0.05, 0.1) is 17.8 Å². The minimum absolute atomic E-state index is 0.136. The molecule has 0 bridgehead atoms. The van der Waals surface area contributed by atoms with Gasteiger partial charge >= 0.3 is 0 Å². The second-order valence-corrected chi connectivity index (χ2v) is 7.53. The van der Waals surface area contributed by atoms with Crippen LogP contribution in [0.15, 0.2) is 18.3 Å². The number of nitrogens with zero attached hydrogens (tertiary/aromatic N) is 1. The Labute approximate surface area is 156 Å². The van der Waals surface area contributed by atoms with Gasteiger partial charge in [-0.1, -0.05) is 12.5 Å². The fourth-order valence-electron chi connectivity index (χ4n) is 4.07. The number of carbonyl (C=O) groups excluding carboxylic acids is 1. The standard InChI is InChI=1S/C20H33N5O/c21-11-2-1-7-18(20(26)24-16-9-13-22-14-10-16)25-17-8-3-5-15-6-4-12-23-19(15)17/h4,6,12,16-18,22,25H,1-3,5,7-11,13-14,21H2,(H,24,26). The number of nitrogens with two attached hydrogens (primary N) is 1. The summed E-state index contributed by atoms with van der Waals surface area (Å²) in [7, 11) is 0. The molecule has 3 rings (SSSR count). The fourth-order valence-corrected chi connectivity index (χ4v) is 4.07. The third-order valence-corrected chi connectivity index (χ3v) is 5.55. The molecule has 1 aromatic rings. The van der Waals surface area contributed by atoms with E-state index in [-0.39, 0.29) is 18.0 Å². The van der Waals surface area contributed by atoms with Crippen LogP contribution in [0.25, 0.3) is 0 Å². The molecule has 2 heterocycles. The Morgan fingerprint density at radius 3 is 2.96 bits per heavy atom. The van der Waals surface area contributed by atoms with Crippen LogP contribution in [0.4, 0.5) is 0 Å². The van der Waals surface area contributed by atoms with E-state index in [4.69, 9.17) is 5.73 Å². The summed E-state index contributed by atoms with van der Waals surface area (Å²) in [5.41, 5.74) is 8.09. The quantitative estimate of drug-likeness (QED) is 0.527. The van der Waals surface area contributed by atoms with Crippen molar-refractivity contribution in [3.8, 4) is 0 Å². The number of rotatable bonds is 8. The normalized spacial score (nSPS) is 21.8. The van der Waals surface area contributed by atoms with Crippen molar-refractivity contribution in [3.63, 3.8) is 0 Å². The molecule has 0 aromatic carbocycles. The minimum Gasteiger partial charge on any atom is -0.352 e. The summed E-state index contributed by atoms with van der Waals surface area (Å²) in [6, 6.07) is 4.45. The van der Waals surface area contributed by atoms with Crippen molar-refractivity contribution in [1.29, 1.82) is 0 Å². The van der Waals surface area contributed by atoms with Crippen LogP contribution in [0, 0.1) is 0 Å². The van der Waals surface area contributed by atoms with Gasteiger partial charge in [-0.25, -0.2) is 0 Å². The molecule has 1 fully saturated rings. The molecule has 5 N–H and O–H groups in total. The molecule has 1 aliphatic carbocycles. The first-order valence-electron chi connectivity index (χ1n) is 10.2. The van der Waals surface area contributed by atoms with Crippen LogP contribution in [0.1, 0.15) is 62.2 Å². The van der Waals surface area contributed by atoms with Gasteiger partial charge in [0.15, 0.2) is 0 Å². The van der Waals surface area contributed by atoms with E-state index in [1.54, 1.807) is 0 Å². The van der Waals surface area contributed by atoms with Crippen LogP contribution in [0.3, 0.4) is 0 Å². The maximum Gasteiger partial charge on any atom is 0.237 e. The lowest BCUT2D eigenvalue weighted by molar-refractivity contribution is -0.124. The second-order valence-electron chi connectivity index (χ2n) is 7.53. The number of hydrogen-bond donors (Lipinski definition) is 4. The number of aromatic nitrogens is 1. The van der Waals surface area contributed by atoms with E-state index < -0.39 is 0 Å². The van der Waals surface area contributed by atoms with Gasteiger partial charge in [0.1, 0.15) is 0 Å². The van der Waals surface area contributed by atoms with Gasteiger partial charge in [-0.05, 0) is 76.2 Å². The smallest absolute Gasteiger partial charge is 0.237 e. The number of carbonyl (C=O) groups is 1. The fraction of sp³-hybridized carbons (Fsp3) is 0.700. The van der Waals surface area contributed by atoms with Crippen molar-refractivity contribution >= 4 is 5.91 Å². The highest BCUT2D eigenvalue weighted by Gasteiger charge is 2.28. The maximum absolute atomic E-state index is 12.9. The van der Waals surface area contributed by atoms with Gasteiger partial charge in [-0.2, -0.15) is 0 Å². The van der Waals surface area contributed by atoms with Gasteiger partial charge in [0, 0.05) is 12.2 Å². The third-order valence-electron chi connectivity index (χ3n) is 5.55. The Morgan fingerprint density at radius 1 is 1.31 bits per heavy atom. The van der Waals surface area contributed by atoms with Gasteiger partial charge in [-0.3, -0.25) is 15.1 Å². The Morgan fingerprint density at radius 2 is 2.15 bits per heavy atom. The highest BCUT2D eigenvalue weighted by molar-refractivity contribution is 5.82. The van der Waals surface area contributed by atoms with Gasteiger partial charge in [0.2, 0.25) is 5.91 Å². The number of amides is 1. The van der Waals surface area contributed by atoms with Crippen molar-refractivity contribution in [1.82, 2.24) is 20.9 Å². The van der Waals surface area contributed by atoms with E-state index in [1.165, 1.54) is 5.56 Å². The summed E-state index contributed by atoms with van der Waals surface area (Å²) < 4.78 is 0. The van der Waals surface area contributed by atoms with Crippen molar-refractivity contribution in [3.05, 3.63) is 29.6 Å². The first kappa shape index (κ1) is 19.3. The molecular formula is C20H33N5O. The third kappa shape index (κ3) is 5.25. The highest BCUT2D eigenvalue weighted by atomic mass is 16.2. The lowest BCUT2D eigenvalue weighted by Gasteiger charge is -2.31. The van der Waals surface area contributed by atoms with E-state index in [2.05, 4.69) is 27.0 Å². The number of pyridine rings is 1. The van der Waals surface area contributed by atoms with Crippen molar-refractivity contribution in [2.45, 2.75) is 69.5 Å². The summed E-state index contributed by atoms with van der Waals surface area (Å²) in [5, 5.41) is 10.2. The summed E-state index contributed by atoms with van der Waals surface area (Å²) in [6.07, 6.45) is 9.89. The summed E-state index contributed by atoms with van der Waals surface area (Å²) >= 11 is 0. The summed E-state index contributed by atoms with van der Waals surface area (Å²) in [5.74, 6) is 0.136. The number of aryl methyl sites for hydroxylation is 1. The Balaban J connectivity index is 1.64.